The molecule has 1 fully saturated rings. The van der Waals surface area contributed by atoms with E-state index in [1.807, 2.05) is 0 Å². The zero-order valence-electron chi connectivity index (χ0n) is 10.4. The van der Waals surface area contributed by atoms with E-state index >= 15 is 0 Å². The largest absolute Gasteiger partial charge is 0.337 e. The van der Waals surface area contributed by atoms with Crippen molar-refractivity contribution in [3.05, 3.63) is 21.3 Å². The predicted molar refractivity (Wildman–Crippen MR) is 76.2 cm³/mol. The summed E-state index contributed by atoms with van der Waals surface area (Å²) in [6, 6.07) is 3.34. The molecule has 0 saturated carbocycles. The molecule has 19 heavy (non-hydrogen) atoms. The van der Waals surface area contributed by atoms with Gasteiger partial charge >= 0.3 is 0 Å². The molecule has 0 radical (unpaired) electrons. The molecule has 0 aromatic carbocycles. The highest BCUT2D eigenvalue weighted by atomic mass is 35.5. The Kier molecular flexibility index (Phi) is 4.50. The number of halogens is 1. The molecule has 8 heteroatoms. The molecule has 1 aromatic heterocycles. The number of rotatable bonds is 4. The van der Waals surface area contributed by atoms with E-state index in [0.717, 1.165) is 0 Å². The molecule has 106 valence electrons. The Bertz CT molecular complexity index is 570. The smallest absolute Gasteiger partial charge is 0.264 e. The van der Waals surface area contributed by atoms with Crippen LogP contribution in [0.4, 0.5) is 0 Å². The summed E-state index contributed by atoms with van der Waals surface area (Å²) < 4.78 is 26.8. The third-order valence-electron chi connectivity index (χ3n) is 3.00. The highest BCUT2D eigenvalue weighted by Crippen LogP contribution is 2.25. The molecule has 1 atom stereocenters. The number of nitrogens with zero attached hydrogens (tertiary/aromatic N) is 1. The summed E-state index contributed by atoms with van der Waals surface area (Å²) in [6.07, 6.45) is 0.472. The van der Waals surface area contributed by atoms with Crippen molar-refractivity contribution in [2.75, 3.05) is 19.6 Å². The van der Waals surface area contributed by atoms with Gasteiger partial charge in [0.1, 0.15) is 0 Å². The lowest BCUT2D eigenvalue weighted by atomic mass is 10.4. The van der Waals surface area contributed by atoms with Crippen molar-refractivity contribution < 1.29 is 13.2 Å². The van der Waals surface area contributed by atoms with E-state index in [0.29, 0.717) is 28.7 Å². The third-order valence-corrected chi connectivity index (χ3v) is 6.17. The van der Waals surface area contributed by atoms with E-state index in [1.165, 1.54) is 11.3 Å². The molecule has 5 nitrogen and oxygen atoms in total. The number of carbonyl (C=O) groups excluding carboxylic acids is 1. The number of thiophene rings is 1. The van der Waals surface area contributed by atoms with Gasteiger partial charge in [0.05, 0.1) is 14.5 Å². The minimum Gasteiger partial charge on any atom is -0.337 e. The van der Waals surface area contributed by atoms with Gasteiger partial charge in [0.2, 0.25) is 10.0 Å². The highest BCUT2D eigenvalue weighted by molar-refractivity contribution is 7.90. The van der Waals surface area contributed by atoms with Crippen LogP contribution in [0.25, 0.3) is 0 Å². The van der Waals surface area contributed by atoms with Crippen molar-refractivity contribution in [2.24, 2.45) is 0 Å². The molecule has 0 spiro atoms. The van der Waals surface area contributed by atoms with Crippen LogP contribution >= 0.6 is 22.9 Å². The Labute approximate surface area is 121 Å². The molecular formula is C11H15ClN2O3S2. The number of likely N-dealkylation sites (tertiary alicyclic amines) is 1. The monoisotopic (exact) mass is 322 g/mol. The van der Waals surface area contributed by atoms with Gasteiger partial charge < -0.3 is 4.90 Å². The summed E-state index contributed by atoms with van der Waals surface area (Å²) in [6.45, 7) is 2.81. The molecule has 1 N–H and O–H groups in total. The van der Waals surface area contributed by atoms with Crippen molar-refractivity contribution in [3.8, 4) is 0 Å². The van der Waals surface area contributed by atoms with E-state index < -0.39 is 15.3 Å². The topological polar surface area (TPSA) is 66.5 Å². The zero-order chi connectivity index (χ0) is 14.0. The molecule has 2 heterocycles. The second kappa shape index (κ2) is 5.78. The molecule has 0 bridgehead atoms. The van der Waals surface area contributed by atoms with Crippen LogP contribution in [-0.2, 0) is 10.0 Å². The summed E-state index contributed by atoms with van der Waals surface area (Å²) in [5, 5.41) is -0.521. The van der Waals surface area contributed by atoms with Crippen molar-refractivity contribution in [2.45, 2.75) is 18.6 Å². The van der Waals surface area contributed by atoms with Crippen LogP contribution in [0, 0.1) is 0 Å². The molecule has 1 aliphatic rings. The van der Waals surface area contributed by atoms with Gasteiger partial charge in [-0.1, -0.05) is 18.5 Å². The quantitative estimate of drug-likeness (QED) is 0.914. The van der Waals surface area contributed by atoms with Crippen molar-refractivity contribution in [1.82, 2.24) is 9.62 Å². The van der Waals surface area contributed by atoms with Gasteiger partial charge in [-0.3, -0.25) is 4.79 Å². The lowest BCUT2D eigenvalue weighted by Crippen LogP contribution is -2.37. The van der Waals surface area contributed by atoms with Crippen LogP contribution in [0.5, 0.6) is 0 Å². The Morgan fingerprint density at radius 3 is 2.89 bits per heavy atom. The average Bonchev–Trinajstić information content (AvgIpc) is 2.96. The molecule has 1 saturated heterocycles. The van der Waals surface area contributed by atoms with E-state index in [9.17, 15) is 13.2 Å². The minimum absolute atomic E-state index is 0.147. The first kappa shape index (κ1) is 14.8. The maximum absolute atomic E-state index is 12.2. The average molecular weight is 323 g/mol. The van der Waals surface area contributed by atoms with Crippen LogP contribution in [0.3, 0.4) is 0 Å². The Hall–Kier alpha value is -0.630. The third kappa shape index (κ3) is 3.28. The fourth-order valence-electron chi connectivity index (χ4n) is 2.07. The lowest BCUT2D eigenvalue weighted by Gasteiger charge is -2.15. The normalized spacial score (nSPS) is 19.9. The summed E-state index contributed by atoms with van der Waals surface area (Å²) >= 11 is 7.01. The summed E-state index contributed by atoms with van der Waals surface area (Å²) in [7, 11) is -3.32. The van der Waals surface area contributed by atoms with Crippen molar-refractivity contribution >= 4 is 38.9 Å². The first-order valence-corrected chi connectivity index (χ1v) is 8.71. The van der Waals surface area contributed by atoms with Crippen LogP contribution in [0.2, 0.25) is 4.34 Å². The first-order valence-electron chi connectivity index (χ1n) is 5.97. The Balaban J connectivity index is 2.04. The van der Waals surface area contributed by atoms with E-state index in [1.54, 1.807) is 24.0 Å². The molecule has 1 amide bonds. The molecule has 2 rings (SSSR count). The van der Waals surface area contributed by atoms with Gasteiger partial charge in [0.25, 0.3) is 5.91 Å². The molecule has 1 aromatic rings. The molecule has 1 aliphatic heterocycles. The number of nitrogens with one attached hydrogen (secondary N) is 1. The molecular weight excluding hydrogens is 308 g/mol. The number of carbonyl (C=O) groups is 1. The van der Waals surface area contributed by atoms with E-state index in [-0.39, 0.29) is 12.5 Å². The molecule has 0 unspecified atom stereocenters. The van der Waals surface area contributed by atoms with Crippen molar-refractivity contribution in [3.63, 3.8) is 0 Å². The Morgan fingerprint density at radius 2 is 2.32 bits per heavy atom. The standard InChI is InChI=1S/C11H15ClN2O3S2/c1-2-13-19(16,17)8-5-6-14(7-8)11(15)9-3-4-10(12)18-9/h3-4,8,13H,2,5-7H2,1H3/t8-/m0/s1. The fourth-order valence-corrected chi connectivity index (χ4v) is 4.51. The van der Waals surface area contributed by atoms with Gasteiger partial charge in [-0.2, -0.15) is 0 Å². The SMILES string of the molecule is CCNS(=O)(=O)[C@H]1CCN(C(=O)c2ccc(Cl)s2)C1. The van der Waals surface area contributed by atoms with E-state index in [4.69, 9.17) is 11.6 Å². The van der Waals surface area contributed by atoms with Crippen LogP contribution in [0.15, 0.2) is 12.1 Å². The summed E-state index contributed by atoms with van der Waals surface area (Å²) in [5.74, 6) is -0.147. The number of hydrogen-bond acceptors (Lipinski definition) is 4. The van der Waals surface area contributed by atoms with Crippen LogP contribution in [-0.4, -0.2) is 44.1 Å². The number of hydrogen-bond donors (Lipinski definition) is 1. The number of amides is 1. The Morgan fingerprint density at radius 1 is 1.58 bits per heavy atom. The second-order valence-corrected chi connectivity index (χ2v) is 8.07. The van der Waals surface area contributed by atoms with Gasteiger partial charge in [0, 0.05) is 19.6 Å². The van der Waals surface area contributed by atoms with Gasteiger partial charge in [-0.25, -0.2) is 13.1 Å². The second-order valence-electron chi connectivity index (χ2n) is 4.31. The molecule has 0 aliphatic carbocycles. The van der Waals surface area contributed by atoms with Gasteiger partial charge in [0.15, 0.2) is 0 Å². The lowest BCUT2D eigenvalue weighted by molar-refractivity contribution is 0.0798. The summed E-state index contributed by atoms with van der Waals surface area (Å²) in [5.41, 5.74) is 0. The van der Waals surface area contributed by atoms with Gasteiger partial charge in [-0.15, -0.1) is 11.3 Å². The maximum Gasteiger partial charge on any atom is 0.264 e. The fraction of sp³-hybridized carbons (Fsp3) is 0.545. The van der Waals surface area contributed by atoms with Crippen LogP contribution in [0.1, 0.15) is 23.0 Å². The number of sulfonamides is 1. The van der Waals surface area contributed by atoms with Crippen molar-refractivity contribution in [1.29, 1.82) is 0 Å². The van der Waals surface area contributed by atoms with Gasteiger partial charge in [-0.05, 0) is 18.6 Å². The minimum atomic E-state index is -3.32. The first-order chi connectivity index (χ1) is 8.94. The predicted octanol–water partition coefficient (Wildman–Crippen LogP) is 1.56. The zero-order valence-corrected chi connectivity index (χ0v) is 12.8. The van der Waals surface area contributed by atoms with E-state index in [2.05, 4.69) is 4.72 Å². The van der Waals surface area contributed by atoms with Crippen LogP contribution < -0.4 is 4.72 Å². The summed E-state index contributed by atoms with van der Waals surface area (Å²) in [4.78, 5) is 14.3. The maximum atomic E-state index is 12.2. The highest BCUT2D eigenvalue weighted by Gasteiger charge is 2.35.